The smallest absolute Gasteiger partial charge is 0.211 e. The summed E-state index contributed by atoms with van der Waals surface area (Å²) in [4.78, 5) is 5.64. The number of rotatable bonds is 3. The molecule has 24 heavy (non-hydrogen) atoms. The number of aromatic nitrogens is 1. The van der Waals surface area contributed by atoms with Gasteiger partial charge in [0.2, 0.25) is 10.0 Å². The number of anilines is 1. The summed E-state index contributed by atoms with van der Waals surface area (Å²) in [5.41, 5.74) is 3.20. The zero-order valence-electron chi connectivity index (χ0n) is 15.1. The highest BCUT2D eigenvalue weighted by atomic mass is 32.2. The van der Waals surface area contributed by atoms with Crippen LogP contribution in [-0.2, 0) is 10.0 Å². The van der Waals surface area contributed by atoms with Crippen molar-refractivity contribution in [3.05, 3.63) is 30.0 Å². The molecule has 1 aromatic heterocycles. The van der Waals surface area contributed by atoms with E-state index in [1.807, 2.05) is 20.0 Å². The summed E-state index contributed by atoms with van der Waals surface area (Å²) < 4.78 is 25.7. The van der Waals surface area contributed by atoms with Crippen LogP contribution in [0.5, 0.6) is 0 Å². The first kappa shape index (κ1) is 17.3. The van der Waals surface area contributed by atoms with Crippen LogP contribution in [0.4, 0.5) is 5.69 Å². The Morgan fingerprint density at radius 1 is 1.21 bits per heavy atom. The molecule has 0 unspecified atom stereocenters. The minimum Gasteiger partial charge on any atom is -0.368 e. The average Bonchev–Trinajstić information content (AvgIpc) is 2.91. The van der Waals surface area contributed by atoms with Crippen LogP contribution in [0.15, 0.2) is 24.4 Å². The molecule has 0 radical (unpaired) electrons. The van der Waals surface area contributed by atoms with Crippen molar-refractivity contribution in [3.8, 4) is 0 Å². The predicted molar refractivity (Wildman–Crippen MR) is 100 cm³/mol. The highest BCUT2D eigenvalue weighted by molar-refractivity contribution is 7.88. The normalized spacial score (nSPS) is 19.3. The van der Waals surface area contributed by atoms with Crippen LogP contribution in [0.1, 0.15) is 39.2 Å². The van der Waals surface area contributed by atoms with E-state index >= 15 is 0 Å². The van der Waals surface area contributed by atoms with E-state index < -0.39 is 15.6 Å². The summed E-state index contributed by atoms with van der Waals surface area (Å²) in [5, 5.41) is 1.20. The first-order chi connectivity index (χ1) is 11.1. The highest BCUT2D eigenvalue weighted by Gasteiger charge is 2.39. The van der Waals surface area contributed by atoms with Gasteiger partial charge in [-0.25, -0.2) is 8.42 Å². The molecule has 132 valence electrons. The van der Waals surface area contributed by atoms with Crippen molar-refractivity contribution < 1.29 is 8.42 Å². The van der Waals surface area contributed by atoms with Crippen LogP contribution in [0, 0.1) is 0 Å². The van der Waals surface area contributed by atoms with Gasteiger partial charge in [0.05, 0.1) is 6.26 Å². The molecular formula is C18H27N3O2S. The monoisotopic (exact) mass is 349 g/mol. The fraction of sp³-hybridized carbons (Fsp3) is 0.556. The fourth-order valence-electron chi connectivity index (χ4n) is 3.72. The van der Waals surface area contributed by atoms with Gasteiger partial charge in [0.15, 0.2) is 0 Å². The zero-order valence-corrected chi connectivity index (χ0v) is 15.9. The minimum absolute atomic E-state index is 0.428. The number of benzene rings is 1. The SMILES string of the molecule is CC(C)c1cc(N2CCN(S(C)(=O)=O)C(C)(C)C2)c2cc[nH]c2c1. The third-order valence-corrected chi connectivity index (χ3v) is 6.38. The number of sulfonamides is 1. The highest BCUT2D eigenvalue weighted by Crippen LogP contribution is 2.34. The molecule has 0 bridgehead atoms. The van der Waals surface area contributed by atoms with Crippen LogP contribution in [0.2, 0.25) is 0 Å². The van der Waals surface area contributed by atoms with Gasteiger partial charge < -0.3 is 9.88 Å². The molecule has 6 heteroatoms. The molecule has 2 aromatic rings. The van der Waals surface area contributed by atoms with Gasteiger partial charge in [-0.1, -0.05) is 13.8 Å². The summed E-state index contributed by atoms with van der Waals surface area (Å²) in [6.45, 7) is 10.3. The summed E-state index contributed by atoms with van der Waals surface area (Å²) in [6, 6.07) is 6.57. The quantitative estimate of drug-likeness (QED) is 0.926. The Morgan fingerprint density at radius 3 is 2.50 bits per heavy atom. The summed E-state index contributed by atoms with van der Waals surface area (Å²) in [5.74, 6) is 0.446. The Kier molecular flexibility index (Phi) is 4.16. The van der Waals surface area contributed by atoms with Crippen molar-refractivity contribution in [2.75, 3.05) is 30.8 Å². The van der Waals surface area contributed by atoms with Gasteiger partial charge >= 0.3 is 0 Å². The van der Waals surface area contributed by atoms with Crippen molar-refractivity contribution in [1.29, 1.82) is 0 Å². The molecule has 1 saturated heterocycles. The lowest BCUT2D eigenvalue weighted by molar-refractivity contribution is 0.206. The molecule has 0 aliphatic carbocycles. The van der Waals surface area contributed by atoms with Crippen molar-refractivity contribution in [3.63, 3.8) is 0 Å². The van der Waals surface area contributed by atoms with Crippen LogP contribution >= 0.6 is 0 Å². The van der Waals surface area contributed by atoms with Crippen LogP contribution in [0.3, 0.4) is 0 Å². The van der Waals surface area contributed by atoms with E-state index in [0.29, 0.717) is 25.6 Å². The summed E-state index contributed by atoms with van der Waals surface area (Å²) in [7, 11) is -3.19. The Hall–Kier alpha value is -1.53. The molecule has 3 rings (SSSR count). The van der Waals surface area contributed by atoms with E-state index in [4.69, 9.17) is 0 Å². The van der Waals surface area contributed by atoms with Gasteiger partial charge in [-0.3, -0.25) is 0 Å². The van der Waals surface area contributed by atoms with E-state index in [1.165, 1.54) is 22.9 Å². The van der Waals surface area contributed by atoms with E-state index in [2.05, 4.69) is 41.9 Å². The van der Waals surface area contributed by atoms with Gasteiger partial charge in [0.25, 0.3) is 0 Å². The van der Waals surface area contributed by atoms with Crippen molar-refractivity contribution in [1.82, 2.24) is 9.29 Å². The van der Waals surface area contributed by atoms with Crippen LogP contribution in [0.25, 0.3) is 10.9 Å². The Morgan fingerprint density at radius 2 is 1.92 bits per heavy atom. The number of hydrogen-bond acceptors (Lipinski definition) is 3. The van der Waals surface area contributed by atoms with Crippen molar-refractivity contribution in [2.24, 2.45) is 0 Å². The second-order valence-electron chi connectivity index (χ2n) is 7.70. The molecule has 1 fully saturated rings. The molecule has 1 aromatic carbocycles. The molecule has 1 N–H and O–H groups in total. The van der Waals surface area contributed by atoms with Gasteiger partial charge in [0.1, 0.15) is 0 Å². The van der Waals surface area contributed by atoms with E-state index in [1.54, 1.807) is 4.31 Å². The number of aromatic amines is 1. The number of fused-ring (bicyclic) bond motifs is 1. The van der Waals surface area contributed by atoms with Crippen molar-refractivity contribution >= 4 is 26.6 Å². The van der Waals surface area contributed by atoms with Gasteiger partial charge in [0, 0.05) is 48.0 Å². The Labute approximate surface area is 144 Å². The lowest BCUT2D eigenvalue weighted by Crippen LogP contribution is -2.60. The van der Waals surface area contributed by atoms with Crippen LogP contribution < -0.4 is 4.90 Å². The topological polar surface area (TPSA) is 56.4 Å². The molecule has 2 heterocycles. The molecule has 0 spiro atoms. The Bertz CT molecular complexity index is 852. The average molecular weight is 350 g/mol. The fourth-order valence-corrected chi connectivity index (χ4v) is 5.09. The molecule has 5 nitrogen and oxygen atoms in total. The van der Waals surface area contributed by atoms with Gasteiger partial charge in [-0.05, 0) is 43.5 Å². The third kappa shape index (κ3) is 3.05. The van der Waals surface area contributed by atoms with E-state index in [-0.39, 0.29) is 0 Å². The molecule has 0 atom stereocenters. The minimum atomic E-state index is -3.19. The van der Waals surface area contributed by atoms with Gasteiger partial charge in [-0.2, -0.15) is 4.31 Å². The Balaban J connectivity index is 2.02. The molecule has 0 saturated carbocycles. The van der Waals surface area contributed by atoms with Crippen molar-refractivity contribution in [2.45, 2.75) is 39.2 Å². The van der Waals surface area contributed by atoms with Crippen LogP contribution in [-0.4, -0.2) is 49.1 Å². The number of hydrogen-bond donors (Lipinski definition) is 1. The number of nitrogens with one attached hydrogen (secondary N) is 1. The maximum atomic E-state index is 12.1. The second kappa shape index (κ2) is 5.77. The molecule has 0 amide bonds. The number of nitrogens with zero attached hydrogens (tertiary/aromatic N) is 2. The molecular weight excluding hydrogens is 322 g/mol. The van der Waals surface area contributed by atoms with E-state index in [0.717, 1.165) is 5.52 Å². The number of H-pyrrole nitrogens is 1. The lowest BCUT2D eigenvalue weighted by Gasteiger charge is -2.46. The summed E-state index contributed by atoms with van der Waals surface area (Å²) in [6.07, 6.45) is 3.27. The predicted octanol–water partition coefficient (Wildman–Crippen LogP) is 3.15. The maximum absolute atomic E-state index is 12.1. The van der Waals surface area contributed by atoms with E-state index in [9.17, 15) is 8.42 Å². The first-order valence-electron chi connectivity index (χ1n) is 8.43. The van der Waals surface area contributed by atoms with Gasteiger partial charge in [-0.15, -0.1) is 0 Å². The standard InChI is InChI=1S/C18H27N3O2S/c1-13(2)14-10-16-15(6-7-19-16)17(11-14)20-8-9-21(24(5,22)23)18(3,4)12-20/h6-7,10-11,13,19H,8-9,12H2,1-5H3. The maximum Gasteiger partial charge on any atom is 0.211 e. The summed E-state index contributed by atoms with van der Waals surface area (Å²) >= 11 is 0. The zero-order chi connectivity index (χ0) is 17.7. The lowest BCUT2D eigenvalue weighted by atomic mass is 9.97. The number of piperazine rings is 1. The second-order valence-corrected chi connectivity index (χ2v) is 9.61. The third-order valence-electron chi connectivity index (χ3n) is 4.90. The molecule has 1 aliphatic rings. The first-order valence-corrected chi connectivity index (χ1v) is 10.3. The largest absolute Gasteiger partial charge is 0.368 e. The molecule has 1 aliphatic heterocycles.